The highest BCUT2D eigenvalue weighted by molar-refractivity contribution is 5.35. The summed E-state index contributed by atoms with van der Waals surface area (Å²) in [6.45, 7) is 9.69. The summed E-state index contributed by atoms with van der Waals surface area (Å²) in [6, 6.07) is 11.2. The van der Waals surface area contributed by atoms with Crippen LogP contribution in [0, 0.1) is 0 Å². The van der Waals surface area contributed by atoms with Gasteiger partial charge in [0.25, 0.3) is 0 Å². The van der Waals surface area contributed by atoms with E-state index in [0.29, 0.717) is 12.0 Å². The third-order valence-electron chi connectivity index (χ3n) is 3.62. The maximum absolute atomic E-state index is 4.61. The van der Waals surface area contributed by atoms with E-state index < -0.39 is 0 Å². The molecule has 0 aliphatic heterocycles. The van der Waals surface area contributed by atoms with Crippen LogP contribution in [0.25, 0.3) is 5.69 Å². The summed E-state index contributed by atoms with van der Waals surface area (Å²) in [5, 5.41) is 8.12. The standard InChI is InChI=1S/C17H25N3/c1-5-16(18-6-2)14-7-9-15(10-8-14)20-12-11-17(19-20)13(3)4/h7-13,16,18H,5-6H2,1-4H3. The van der Waals surface area contributed by atoms with Gasteiger partial charge in [-0.1, -0.05) is 39.8 Å². The fourth-order valence-corrected chi connectivity index (χ4v) is 2.39. The van der Waals surface area contributed by atoms with E-state index in [0.717, 1.165) is 24.3 Å². The summed E-state index contributed by atoms with van der Waals surface area (Å²) in [5.41, 5.74) is 3.59. The van der Waals surface area contributed by atoms with Gasteiger partial charge >= 0.3 is 0 Å². The van der Waals surface area contributed by atoms with Crippen LogP contribution in [0.15, 0.2) is 36.5 Å². The maximum Gasteiger partial charge on any atom is 0.0654 e. The van der Waals surface area contributed by atoms with Gasteiger partial charge in [0.2, 0.25) is 0 Å². The highest BCUT2D eigenvalue weighted by Gasteiger charge is 2.08. The van der Waals surface area contributed by atoms with Crippen molar-refractivity contribution in [2.75, 3.05) is 6.54 Å². The second kappa shape index (κ2) is 6.71. The van der Waals surface area contributed by atoms with Gasteiger partial charge in [-0.05, 0) is 42.6 Å². The number of aromatic nitrogens is 2. The van der Waals surface area contributed by atoms with E-state index in [9.17, 15) is 0 Å². The van der Waals surface area contributed by atoms with E-state index in [-0.39, 0.29) is 0 Å². The van der Waals surface area contributed by atoms with Crippen molar-refractivity contribution < 1.29 is 0 Å². The minimum absolute atomic E-state index is 0.442. The minimum atomic E-state index is 0.442. The fraction of sp³-hybridized carbons (Fsp3) is 0.471. The molecule has 0 radical (unpaired) electrons. The topological polar surface area (TPSA) is 29.9 Å². The first-order chi connectivity index (χ1) is 9.65. The lowest BCUT2D eigenvalue weighted by Gasteiger charge is -2.16. The smallest absolute Gasteiger partial charge is 0.0654 e. The Kier molecular flexibility index (Phi) is 4.96. The molecule has 1 heterocycles. The average molecular weight is 271 g/mol. The second-order valence-electron chi connectivity index (χ2n) is 5.45. The third kappa shape index (κ3) is 3.28. The molecule has 1 aromatic heterocycles. The van der Waals surface area contributed by atoms with Gasteiger partial charge in [-0.15, -0.1) is 0 Å². The van der Waals surface area contributed by atoms with Gasteiger partial charge in [0.05, 0.1) is 11.4 Å². The Bertz CT molecular complexity index is 525. The molecule has 0 aliphatic carbocycles. The van der Waals surface area contributed by atoms with Crippen LogP contribution in [0.1, 0.15) is 57.3 Å². The average Bonchev–Trinajstić information content (AvgIpc) is 2.95. The highest BCUT2D eigenvalue weighted by Crippen LogP contribution is 2.19. The van der Waals surface area contributed by atoms with Crippen LogP contribution in [0.4, 0.5) is 0 Å². The molecule has 0 aliphatic rings. The van der Waals surface area contributed by atoms with Crippen LogP contribution in [-0.4, -0.2) is 16.3 Å². The van der Waals surface area contributed by atoms with Crippen LogP contribution in [0.3, 0.4) is 0 Å². The van der Waals surface area contributed by atoms with Gasteiger partial charge in [-0.3, -0.25) is 0 Å². The molecule has 0 amide bonds. The van der Waals surface area contributed by atoms with Gasteiger partial charge in [-0.2, -0.15) is 5.10 Å². The molecule has 3 nitrogen and oxygen atoms in total. The lowest BCUT2D eigenvalue weighted by Crippen LogP contribution is -2.19. The molecule has 0 saturated carbocycles. The predicted octanol–water partition coefficient (Wildman–Crippen LogP) is 4.06. The highest BCUT2D eigenvalue weighted by atomic mass is 15.3. The first-order valence-electron chi connectivity index (χ1n) is 7.55. The summed E-state index contributed by atoms with van der Waals surface area (Å²) in [6.07, 6.45) is 3.14. The molecule has 20 heavy (non-hydrogen) atoms. The molecule has 108 valence electrons. The molecule has 0 fully saturated rings. The van der Waals surface area contributed by atoms with Crippen molar-refractivity contribution in [3.8, 4) is 5.69 Å². The van der Waals surface area contributed by atoms with Gasteiger partial charge in [-0.25, -0.2) is 4.68 Å². The van der Waals surface area contributed by atoms with Crippen molar-refractivity contribution in [2.45, 2.75) is 46.1 Å². The van der Waals surface area contributed by atoms with Gasteiger partial charge in [0.15, 0.2) is 0 Å². The molecular formula is C17H25N3. The van der Waals surface area contributed by atoms with Crippen LogP contribution in [0.2, 0.25) is 0 Å². The van der Waals surface area contributed by atoms with Crippen LogP contribution in [0.5, 0.6) is 0 Å². The first kappa shape index (κ1) is 14.8. The summed E-state index contributed by atoms with van der Waals surface area (Å²) >= 11 is 0. The molecule has 2 rings (SSSR count). The zero-order chi connectivity index (χ0) is 14.5. The predicted molar refractivity (Wildman–Crippen MR) is 84.4 cm³/mol. The molecule has 0 spiro atoms. The Labute approximate surface area is 122 Å². The Hall–Kier alpha value is -1.61. The molecule has 2 aromatic rings. The van der Waals surface area contributed by atoms with Gasteiger partial charge in [0.1, 0.15) is 0 Å². The summed E-state index contributed by atoms with van der Waals surface area (Å²) in [4.78, 5) is 0. The monoisotopic (exact) mass is 271 g/mol. The van der Waals surface area contributed by atoms with E-state index in [1.807, 2.05) is 10.9 Å². The number of nitrogens with one attached hydrogen (secondary N) is 1. The summed E-state index contributed by atoms with van der Waals surface area (Å²) < 4.78 is 1.95. The van der Waals surface area contributed by atoms with Crippen molar-refractivity contribution >= 4 is 0 Å². The number of rotatable bonds is 6. The number of hydrogen-bond donors (Lipinski definition) is 1. The molecule has 0 saturated heterocycles. The second-order valence-corrected chi connectivity index (χ2v) is 5.45. The Morgan fingerprint density at radius 1 is 1.10 bits per heavy atom. The van der Waals surface area contributed by atoms with Crippen molar-refractivity contribution in [1.29, 1.82) is 0 Å². The third-order valence-corrected chi connectivity index (χ3v) is 3.62. The summed E-state index contributed by atoms with van der Waals surface area (Å²) in [7, 11) is 0. The normalized spacial score (nSPS) is 12.8. The quantitative estimate of drug-likeness (QED) is 0.858. The Morgan fingerprint density at radius 3 is 2.30 bits per heavy atom. The van der Waals surface area contributed by atoms with Crippen molar-refractivity contribution in [1.82, 2.24) is 15.1 Å². The molecule has 0 bridgehead atoms. The lowest BCUT2D eigenvalue weighted by molar-refractivity contribution is 0.537. The van der Waals surface area contributed by atoms with E-state index in [1.165, 1.54) is 5.56 Å². The molecule has 1 atom stereocenters. The van der Waals surface area contributed by atoms with Crippen LogP contribution >= 0.6 is 0 Å². The van der Waals surface area contributed by atoms with Gasteiger partial charge in [0, 0.05) is 12.2 Å². The largest absolute Gasteiger partial charge is 0.310 e. The fourth-order valence-electron chi connectivity index (χ4n) is 2.39. The SMILES string of the molecule is CCNC(CC)c1ccc(-n2ccc(C(C)C)n2)cc1. The van der Waals surface area contributed by atoms with Crippen molar-refractivity contribution in [2.24, 2.45) is 0 Å². The molecule has 1 aromatic carbocycles. The van der Waals surface area contributed by atoms with Crippen molar-refractivity contribution in [3.63, 3.8) is 0 Å². The van der Waals surface area contributed by atoms with Crippen LogP contribution < -0.4 is 5.32 Å². The molecular weight excluding hydrogens is 246 g/mol. The molecule has 1 unspecified atom stereocenters. The van der Waals surface area contributed by atoms with E-state index in [4.69, 9.17) is 0 Å². The zero-order valence-corrected chi connectivity index (χ0v) is 12.9. The van der Waals surface area contributed by atoms with Crippen LogP contribution in [-0.2, 0) is 0 Å². The molecule has 3 heteroatoms. The minimum Gasteiger partial charge on any atom is -0.310 e. The molecule has 1 N–H and O–H groups in total. The first-order valence-corrected chi connectivity index (χ1v) is 7.55. The lowest BCUT2D eigenvalue weighted by atomic mass is 10.0. The summed E-state index contributed by atoms with van der Waals surface area (Å²) in [5.74, 6) is 0.466. The van der Waals surface area contributed by atoms with E-state index >= 15 is 0 Å². The number of benzene rings is 1. The number of nitrogens with zero attached hydrogens (tertiary/aromatic N) is 2. The maximum atomic E-state index is 4.61. The Morgan fingerprint density at radius 2 is 1.80 bits per heavy atom. The Balaban J connectivity index is 2.18. The van der Waals surface area contributed by atoms with E-state index in [1.54, 1.807) is 0 Å². The van der Waals surface area contributed by atoms with Gasteiger partial charge < -0.3 is 5.32 Å². The number of hydrogen-bond acceptors (Lipinski definition) is 2. The van der Waals surface area contributed by atoms with Crippen molar-refractivity contribution in [3.05, 3.63) is 47.8 Å². The zero-order valence-electron chi connectivity index (χ0n) is 12.9. The van der Waals surface area contributed by atoms with E-state index in [2.05, 4.69) is 68.4 Å².